The lowest BCUT2D eigenvalue weighted by Crippen LogP contribution is -2.45. The van der Waals surface area contributed by atoms with E-state index in [1.165, 1.54) is 0 Å². The summed E-state index contributed by atoms with van der Waals surface area (Å²) in [5.41, 5.74) is 0. The van der Waals surface area contributed by atoms with E-state index in [0.717, 1.165) is 21.0 Å². The van der Waals surface area contributed by atoms with Crippen LogP contribution in [0.4, 0.5) is 18.0 Å². The fourth-order valence-electron chi connectivity index (χ4n) is 1.68. The number of amides is 4. The lowest BCUT2D eigenvalue weighted by molar-refractivity contribution is -0.179. The highest BCUT2D eigenvalue weighted by molar-refractivity contribution is 8.10. The van der Waals surface area contributed by atoms with Gasteiger partial charge in [-0.15, -0.1) is 0 Å². The number of nitrogens with one attached hydrogen (secondary N) is 1. The molecule has 0 aliphatic rings. The van der Waals surface area contributed by atoms with E-state index in [2.05, 4.69) is 0 Å². The molecule has 0 saturated carbocycles. The Hall–Kier alpha value is -1.19. The number of alkyl halides is 3. The first kappa shape index (κ1) is 22.8. The molecule has 0 rings (SSSR count). The van der Waals surface area contributed by atoms with E-state index in [0.29, 0.717) is 17.5 Å². The van der Waals surface area contributed by atoms with Gasteiger partial charge in [0.05, 0.1) is 6.10 Å². The zero-order valence-corrected chi connectivity index (χ0v) is 15.7. The predicted octanol–water partition coefficient (Wildman–Crippen LogP) is 2.62. The number of carbonyl (C=O) groups is 3. The monoisotopic (exact) mass is 391 g/mol. The van der Waals surface area contributed by atoms with Crippen molar-refractivity contribution in [2.24, 2.45) is 0 Å². The summed E-state index contributed by atoms with van der Waals surface area (Å²) in [5.74, 6) is -2.95. The first-order valence-electron chi connectivity index (χ1n) is 6.96. The van der Waals surface area contributed by atoms with Crippen molar-refractivity contribution < 1.29 is 32.1 Å². The topological polar surface area (TPSA) is 79.0 Å². The third kappa shape index (κ3) is 6.03. The SMILES string of the molecule is CCCC(C)OP(=S)(N(C)C(=O)NC(C)=O)N(C)C(=O)C(F)(F)F. The highest BCUT2D eigenvalue weighted by Gasteiger charge is 2.48. The molecule has 24 heavy (non-hydrogen) atoms. The summed E-state index contributed by atoms with van der Waals surface area (Å²) in [6, 6.07) is -1.05. The van der Waals surface area contributed by atoms with Gasteiger partial charge >= 0.3 is 18.1 Å². The zero-order valence-electron chi connectivity index (χ0n) is 14.0. The molecule has 4 amide bonds. The molecule has 2 atom stereocenters. The summed E-state index contributed by atoms with van der Waals surface area (Å²) in [6.45, 7) is 0.580. The number of hydrogen-bond acceptors (Lipinski definition) is 5. The molecule has 0 saturated heterocycles. The molecule has 1 N–H and O–H groups in total. The second-order valence-electron chi connectivity index (χ2n) is 5.03. The van der Waals surface area contributed by atoms with Crippen LogP contribution in [0, 0.1) is 0 Å². The van der Waals surface area contributed by atoms with E-state index in [1.54, 1.807) is 6.92 Å². The number of carbonyl (C=O) groups excluding carboxylic acids is 3. The van der Waals surface area contributed by atoms with Crippen LogP contribution in [-0.2, 0) is 25.9 Å². The molecular formula is C12H21F3N3O4PS. The Morgan fingerprint density at radius 1 is 1.25 bits per heavy atom. The number of hydrogen-bond donors (Lipinski definition) is 1. The van der Waals surface area contributed by atoms with E-state index < -0.39 is 36.7 Å². The van der Waals surface area contributed by atoms with Crippen molar-refractivity contribution in [3.8, 4) is 0 Å². The molecule has 0 aliphatic carbocycles. The van der Waals surface area contributed by atoms with Crippen LogP contribution in [0.5, 0.6) is 0 Å². The molecule has 7 nitrogen and oxygen atoms in total. The van der Waals surface area contributed by atoms with Crippen LogP contribution >= 0.6 is 6.57 Å². The summed E-state index contributed by atoms with van der Waals surface area (Å²) in [5, 5.41) is 1.90. The summed E-state index contributed by atoms with van der Waals surface area (Å²) >= 11 is 5.16. The predicted molar refractivity (Wildman–Crippen MR) is 85.5 cm³/mol. The summed E-state index contributed by atoms with van der Waals surface area (Å²) in [6.07, 6.45) is -4.63. The third-order valence-corrected chi connectivity index (χ3v) is 7.13. The largest absolute Gasteiger partial charge is 0.471 e. The van der Waals surface area contributed by atoms with E-state index in [4.69, 9.17) is 16.3 Å². The van der Waals surface area contributed by atoms with Gasteiger partial charge in [0, 0.05) is 21.0 Å². The molecule has 0 aromatic heterocycles. The zero-order chi connectivity index (χ0) is 19.3. The van der Waals surface area contributed by atoms with Gasteiger partial charge in [-0.2, -0.15) is 13.2 Å². The molecule has 0 fully saturated rings. The van der Waals surface area contributed by atoms with Crippen LogP contribution < -0.4 is 5.32 Å². The van der Waals surface area contributed by atoms with E-state index >= 15 is 0 Å². The molecule has 0 heterocycles. The molecule has 12 heteroatoms. The molecule has 0 aliphatic heterocycles. The van der Waals surface area contributed by atoms with Crippen molar-refractivity contribution in [1.29, 1.82) is 0 Å². The van der Waals surface area contributed by atoms with Gasteiger partial charge in [0.15, 0.2) is 0 Å². The van der Waals surface area contributed by atoms with Gasteiger partial charge in [0.25, 0.3) is 6.57 Å². The highest BCUT2D eigenvalue weighted by atomic mass is 32.5. The van der Waals surface area contributed by atoms with Gasteiger partial charge in [-0.3, -0.25) is 24.2 Å². The van der Waals surface area contributed by atoms with Gasteiger partial charge in [-0.05, 0) is 25.2 Å². The highest BCUT2D eigenvalue weighted by Crippen LogP contribution is 2.55. The van der Waals surface area contributed by atoms with E-state index in [-0.39, 0.29) is 4.67 Å². The van der Waals surface area contributed by atoms with Crippen molar-refractivity contribution in [1.82, 2.24) is 14.7 Å². The molecule has 0 radical (unpaired) electrons. The van der Waals surface area contributed by atoms with E-state index in [9.17, 15) is 27.6 Å². The van der Waals surface area contributed by atoms with Crippen molar-refractivity contribution in [3.05, 3.63) is 0 Å². The number of imide groups is 1. The minimum atomic E-state index is -5.17. The van der Waals surface area contributed by atoms with Gasteiger partial charge in [0.2, 0.25) is 5.91 Å². The fourth-order valence-corrected chi connectivity index (χ4v) is 4.45. The van der Waals surface area contributed by atoms with Crippen LogP contribution in [0.15, 0.2) is 0 Å². The second-order valence-corrected chi connectivity index (χ2v) is 8.85. The molecule has 0 bridgehead atoms. The Balaban J connectivity index is 5.74. The van der Waals surface area contributed by atoms with Gasteiger partial charge in [-0.1, -0.05) is 13.3 Å². The Morgan fingerprint density at radius 3 is 2.12 bits per heavy atom. The number of rotatable bonds is 6. The van der Waals surface area contributed by atoms with Crippen LogP contribution in [0.2, 0.25) is 0 Å². The molecular weight excluding hydrogens is 370 g/mol. The second kappa shape index (κ2) is 8.77. The quantitative estimate of drug-likeness (QED) is 0.705. The molecule has 0 spiro atoms. The average molecular weight is 391 g/mol. The minimum Gasteiger partial charge on any atom is -0.315 e. The molecule has 2 unspecified atom stereocenters. The standard InChI is InChI=1S/C12H21F3N3O4PS/c1-6-7-8(2)22-23(24,17(4)10(20)12(13,14)15)18(5)11(21)16-9(3)19/h8H,6-7H2,1-5H3,(H,16,19,21). The maximum absolute atomic E-state index is 12.7. The van der Waals surface area contributed by atoms with Gasteiger partial charge in [0.1, 0.15) is 0 Å². The lowest BCUT2D eigenvalue weighted by atomic mass is 10.2. The maximum atomic E-state index is 12.7. The Morgan fingerprint density at radius 2 is 1.75 bits per heavy atom. The van der Waals surface area contributed by atoms with Crippen LogP contribution in [0.3, 0.4) is 0 Å². The summed E-state index contributed by atoms with van der Waals surface area (Å²) < 4.78 is 44.6. The Bertz CT molecular complexity index is 544. The smallest absolute Gasteiger partial charge is 0.315 e. The van der Waals surface area contributed by atoms with Crippen molar-refractivity contribution in [3.63, 3.8) is 0 Å². The normalized spacial score (nSPS) is 15.2. The van der Waals surface area contributed by atoms with Crippen molar-refractivity contribution >= 4 is 36.2 Å². The Kier molecular flexibility index (Phi) is 8.34. The molecule has 0 aromatic rings. The van der Waals surface area contributed by atoms with Crippen molar-refractivity contribution in [2.75, 3.05) is 14.1 Å². The summed E-state index contributed by atoms with van der Waals surface area (Å²) in [4.78, 5) is 34.5. The minimum absolute atomic E-state index is 0.216. The van der Waals surface area contributed by atoms with Gasteiger partial charge in [-0.25, -0.2) is 4.79 Å². The number of halogens is 3. The first-order chi connectivity index (χ1) is 10.8. The molecule has 0 aromatic carbocycles. The first-order valence-corrected chi connectivity index (χ1v) is 9.59. The fraction of sp³-hybridized carbons (Fsp3) is 0.750. The molecule has 140 valence electrons. The van der Waals surface area contributed by atoms with Crippen molar-refractivity contribution in [2.45, 2.75) is 45.9 Å². The Labute approximate surface area is 143 Å². The van der Waals surface area contributed by atoms with Crippen LogP contribution in [0.1, 0.15) is 33.6 Å². The lowest BCUT2D eigenvalue weighted by Gasteiger charge is -2.39. The van der Waals surface area contributed by atoms with E-state index in [1.807, 2.05) is 12.2 Å². The number of urea groups is 1. The third-order valence-electron chi connectivity index (χ3n) is 2.88. The van der Waals surface area contributed by atoms with Gasteiger partial charge < -0.3 is 4.52 Å². The van der Waals surface area contributed by atoms with Crippen LogP contribution in [0.25, 0.3) is 0 Å². The number of nitrogens with zero attached hydrogens (tertiary/aromatic N) is 2. The van der Waals surface area contributed by atoms with Crippen LogP contribution in [-0.4, -0.2) is 53.6 Å². The summed E-state index contributed by atoms with van der Waals surface area (Å²) in [7, 11) is 1.91. The maximum Gasteiger partial charge on any atom is 0.471 e. The average Bonchev–Trinajstić information content (AvgIpc) is 2.42.